The van der Waals surface area contributed by atoms with Gasteiger partial charge in [-0.3, -0.25) is 0 Å². The molecule has 2 unspecified atom stereocenters. The second-order valence-corrected chi connectivity index (χ2v) is 9.33. The molecule has 5 atom stereocenters. The molecule has 0 spiro atoms. The fourth-order valence-corrected chi connectivity index (χ4v) is 5.66. The van der Waals surface area contributed by atoms with Gasteiger partial charge in [-0.15, -0.1) is 16.9 Å². The first kappa shape index (κ1) is 22.5. The van der Waals surface area contributed by atoms with Crippen molar-refractivity contribution in [2.45, 2.75) is 67.1 Å². The summed E-state index contributed by atoms with van der Waals surface area (Å²) in [5.74, 6) is -4.31. The Hall–Kier alpha value is -1.66. The normalized spacial score (nSPS) is 29.9. The van der Waals surface area contributed by atoms with Crippen molar-refractivity contribution in [1.82, 2.24) is 15.0 Å². The zero-order valence-corrected chi connectivity index (χ0v) is 17.4. The van der Waals surface area contributed by atoms with Crippen LogP contribution in [0.3, 0.4) is 0 Å². The Labute approximate surface area is 181 Å². The summed E-state index contributed by atoms with van der Waals surface area (Å²) in [5, 5.41) is 39.4. The molecule has 1 saturated carbocycles. The highest BCUT2D eigenvalue weighted by atomic mass is 32.2. The van der Waals surface area contributed by atoms with Gasteiger partial charge in [0.05, 0.1) is 12.8 Å². The van der Waals surface area contributed by atoms with Crippen LogP contribution in [0, 0.1) is 17.5 Å². The predicted molar refractivity (Wildman–Crippen MR) is 107 cm³/mol. The van der Waals surface area contributed by atoms with Crippen molar-refractivity contribution in [2.75, 3.05) is 6.61 Å². The molecule has 7 nitrogen and oxygen atoms in total. The number of ether oxygens (including phenoxy) is 1. The van der Waals surface area contributed by atoms with Gasteiger partial charge in [0.2, 0.25) is 0 Å². The van der Waals surface area contributed by atoms with Gasteiger partial charge in [-0.25, -0.2) is 17.9 Å². The predicted octanol–water partition coefficient (Wildman–Crippen LogP) is 2.41. The van der Waals surface area contributed by atoms with Crippen molar-refractivity contribution >= 4 is 11.8 Å². The molecule has 0 amide bonds. The third kappa shape index (κ3) is 4.61. The largest absolute Gasteiger partial charge is 0.394 e. The molecule has 11 heteroatoms. The number of aromatic nitrogens is 3. The Bertz CT molecular complexity index is 889. The van der Waals surface area contributed by atoms with Crippen molar-refractivity contribution < 1.29 is 33.2 Å². The van der Waals surface area contributed by atoms with Crippen LogP contribution in [0.1, 0.15) is 38.1 Å². The topological polar surface area (TPSA) is 101 Å². The number of halogens is 3. The molecule has 1 aliphatic carbocycles. The summed E-state index contributed by atoms with van der Waals surface area (Å²) in [6, 6.07) is 0.590. The fourth-order valence-electron chi connectivity index (χ4n) is 4.14. The summed E-state index contributed by atoms with van der Waals surface area (Å²) < 4.78 is 47.4. The Morgan fingerprint density at radius 3 is 2.39 bits per heavy atom. The average Bonchev–Trinajstić information content (AvgIpc) is 3.24. The van der Waals surface area contributed by atoms with E-state index < -0.39 is 53.8 Å². The van der Waals surface area contributed by atoms with Crippen LogP contribution >= 0.6 is 11.8 Å². The van der Waals surface area contributed by atoms with Gasteiger partial charge in [0.1, 0.15) is 35.5 Å². The summed E-state index contributed by atoms with van der Waals surface area (Å²) in [7, 11) is 0. The molecule has 170 valence electrons. The van der Waals surface area contributed by atoms with Gasteiger partial charge in [-0.05, 0) is 25.0 Å². The Morgan fingerprint density at radius 2 is 1.74 bits per heavy atom. The fraction of sp³-hybridized carbons (Fsp3) is 0.600. The third-order valence-corrected chi connectivity index (χ3v) is 7.34. The quantitative estimate of drug-likeness (QED) is 0.591. The summed E-state index contributed by atoms with van der Waals surface area (Å²) in [6.45, 7) is -0.456. The zero-order chi connectivity index (χ0) is 22.1. The minimum atomic E-state index is -1.58. The van der Waals surface area contributed by atoms with Crippen LogP contribution in [0.15, 0.2) is 18.3 Å². The molecule has 2 fully saturated rings. The van der Waals surface area contributed by atoms with Gasteiger partial charge >= 0.3 is 0 Å². The number of aliphatic hydroxyl groups is 3. The van der Waals surface area contributed by atoms with E-state index >= 15 is 0 Å². The second kappa shape index (κ2) is 9.45. The first-order valence-electron chi connectivity index (χ1n) is 10.2. The molecular weight excluding hydrogens is 435 g/mol. The highest BCUT2D eigenvalue weighted by molar-refractivity contribution is 8.00. The van der Waals surface area contributed by atoms with Gasteiger partial charge < -0.3 is 20.1 Å². The van der Waals surface area contributed by atoms with E-state index in [1.54, 1.807) is 0 Å². The number of rotatable bonds is 5. The first-order chi connectivity index (χ1) is 14.9. The maximum atomic E-state index is 13.6. The van der Waals surface area contributed by atoms with E-state index in [4.69, 9.17) is 4.74 Å². The maximum absolute atomic E-state index is 13.6. The SMILES string of the molecule is OCC1O[C@H](SC2CCCCC2)C(O)[C@@H](n2cc(-c3cc(F)c(F)c(F)c3)nn2)[C@H]1O. The van der Waals surface area contributed by atoms with Crippen LogP contribution in [-0.2, 0) is 4.74 Å². The average molecular weight is 459 g/mol. The van der Waals surface area contributed by atoms with Crippen LogP contribution < -0.4 is 0 Å². The van der Waals surface area contributed by atoms with E-state index in [9.17, 15) is 28.5 Å². The summed E-state index contributed by atoms with van der Waals surface area (Å²) in [6.07, 6.45) is 3.31. The zero-order valence-electron chi connectivity index (χ0n) is 16.6. The summed E-state index contributed by atoms with van der Waals surface area (Å²) in [4.78, 5) is 0. The number of thioether (sulfide) groups is 1. The number of nitrogens with zero attached hydrogens (tertiary/aromatic N) is 3. The molecule has 2 aromatic rings. The number of benzene rings is 1. The van der Waals surface area contributed by atoms with E-state index in [1.807, 2.05) is 0 Å². The molecule has 4 rings (SSSR count). The molecule has 0 radical (unpaired) electrons. The number of hydrogen-bond acceptors (Lipinski definition) is 7. The van der Waals surface area contributed by atoms with Crippen molar-refractivity contribution in [1.29, 1.82) is 0 Å². The number of hydrogen-bond donors (Lipinski definition) is 3. The smallest absolute Gasteiger partial charge is 0.194 e. The van der Waals surface area contributed by atoms with Gasteiger partial charge in [-0.2, -0.15) is 0 Å². The Balaban J connectivity index is 1.59. The number of aliphatic hydroxyl groups excluding tert-OH is 3. The van der Waals surface area contributed by atoms with Crippen LogP contribution in [0.2, 0.25) is 0 Å². The molecule has 0 bridgehead atoms. The van der Waals surface area contributed by atoms with Crippen LogP contribution in [0.25, 0.3) is 11.3 Å². The van der Waals surface area contributed by atoms with Gasteiger partial charge in [0.25, 0.3) is 0 Å². The first-order valence-corrected chi connectivity index (χ1v) is 11.2. The van der Waals surface area contributed by atoms with E-state index in [1.165, 1.54) is 29.1 Å². The van der Waals surface area contributed by atoms with Crippen molar-refractivity contribution in [3.05, 3.63) is 35.8 Å². The van der Waals surface area contributed by atoms with E-state index in [2.05, 4.69) is 10.3 Å². The van der Waals surface area contributed by atoms with Gasteiger partial charge in [0, 0.05) is 10.8 Å². The minimum Gasteiger partial charge on any atom is -0.394 e. The lowest BCUT2D eigenvalue weighted by atomic mass is 9.97. The lowest BCUT2D eigenvalue weighted by Gasteiger charge is -2.43. The van der Waals surface area contributed by atoms with Gasteiger partial charge in [-0.1, -0.05) is 24.5 Å². The Kier molecular flexibility index (Phi) is 6.87. The van der Waals surface area contributed by atoms with Crippen LogP contribution in [0.4, 0.5) is 13.2 Å². The van der Waals surface area contributed by atoms with Crippen LogP contribution in [-0.4, -0.2) is 65.9 Å². The molecule has 2 heterocycles. The molecule has 1 aromatic heterocycles. The Morgan fingerprint density at radius 1 is 1.06 bits per heavy atom. The van der Waals surface area contributed by atoms with Crippen molar-refractivity contribution in [3.8, 4) is 11.3 Å². The standard InChI is InChI=1S/C20H24F3N3O4S/c21-12-6-10(7-13(22)16(12)23)14-8-26(25-24-14)17-18(28)15(9-27)30-20(19(17)29)31-11-4-2-1-3-5-11/h6-8,11,15,17-20,27-29H,1-5,9H2/t15?,17-,18-,19?,20+/m0/s1. The van der Waals surface area contributed by atoms with Crippen molar-refractivity contribution in [2.24, 2.45) is 0 Å². The highest BCUT2D eigenvalue weighted by Gasteiger charge is 2.47. The monoisotopic (exact) mass is 459 g/mol. The van der Waals surface area contributed by atoms with E-state index in [0.29, 0.717) is 5.25 Å². The second-order valence-electron chi connectivity index (χ2n) is 7.93. The lowest BCUT2D eigenvalue weighted by Crippen LogP contribution is -2.55. The molecule has 31 heavy (non-hydrogen) atoms. The molecule has 1 aromatic carbocycles. The maximum Gasteiger partial charge on any atom is 0.194 e. The molecular formula is C20H24F3N3O4S. The third-order valence-electron chi connectivity index (χ3n) is 5.82. The van der Waals surface area contributed by atoms with E-state index in [0.717, 1.165) is 37.8 Å². The highest BCUT2D eigenvalue weighted by Crippen LogP contribution is 2.40. The molecule has 2 aliphatic rings. The summed E-state index contributed by atoms with van der Waals surface area (Å²) >= 11 is 1.48. The minimum absolute atomic E-state index is 0.0365. The summed E-state index contributed by atoms with van der Waals surface area (Å²) in [5.41, 5.74) is -0.687. The lowest BCUT2D eigenvalue weighted by molar-refractivity contribution is -0.178. The van der Waals surface area contributed by atoms with Gasteiger partial charge in [0.15, 0.2) is 17.5 Å². The van der Waals surface area contributed by atoms with E-state index in [-0.39, 0.29) is 11.3 Å². The molecule has 3 N–H and O–H groups in total. The van der Waals surface area contributed by atoms with Crippen molar-refractivity contribution in [3.63, 3.8) is 0 Å². The van der Waals surface area contributed by atoms with Crippen LogP contribution in [0.5, 0.6) is 0 Å². The molecule has 1 saturated heterocycles. The molecule has 1 aliphatic heterocycles.